The third-order valence-corrected chi connectivity index (χ3v) is 1.03. The summed E-state index contributed by atoms with van der Waals surface area (Å²) in [5.41, 5.74) is 0. The molecule has 0 radical (unpaired) electrons. The highest BCUT2D eigenvalue weighted by Gasteiger charge is 2.11. The fourth-order valence-electron chi connectivity index (χ4n) is 0. The average molecular weight is 165 g/mol. The first-order chi connectivity index (χ1) is 2.56. The van der Waals surface area contributed by atoms with E-state index in [1.807, 2.05) is 0 Å². The van der Waals surface area contributed by atoms with Gasteiger partial charge in [-0.3, -0.25) is 0 Å². The molecule has 0 aliphatic carbocycles. The van der Waals surface area contributed by atoms with E-state index >= 15 is 0 Å². The molecule has 0 aliphatic heterocycles. The van der Waals surface area contributed by atoms with Crippen LogP contribution >= 0.6 is 35.6 Å². The van der Waals surface area contributed by atoms with Crippen LogP contribution in [-0.2, 0) is 0 Å². The number of alkyl halides is 2. The van der Waals surface area contributed by atoms with E-state index in [9.17, 15) is 0 Å². The molecule has 0 heterocycles. The normalized spacial score (nSPS) is 17.1. The first-order valence-corrected chi connectivity index (χ1v) is 2.45. The van der Waals surface area contributed by atoms with Gasteiger partial charge in [-0.1, -0.05) is 11.6 Å². The lowest BCUT2D eigenvalue weighted by molar-refractivity contribution is 0.174. The number of aliphatic hydroxyl groups is 1. The van der Waals surface area contributed by atoms with Crippen molar-refractivity contribution in [3.63, 3.8) is 0 Å². The Bertz CT molecular complexity index is 39.9. The van der Waals surface area contributed by atoms with Gasteiger partial charge in [-0.05, 0) is 6.92 Å². The summed E-state index contributed by atoms with van der Waals surface area (Å²) < 4.78 is 0. The quantitative estimate of drug-likeness (QED) is 0.585. The van der Waals surface area contributed by atoms with Crippen molar-refractivity contribution < 1.29 is 5.11 Å². The Labute approximate surface area is 59.0 Å². The van der Waals surface area contributed by atoms with Crippen LogP contribution in [0.4, 0.5) is 0 Å². The van der Waals surface area contributed by atoms with Gasteiger partial charge >= 0.3 is 0 Å². The molecular weight excluding hydrogens is 158 g/mol. The molecule has 1 unspecified atom stereocenters. The summed E-state index contributed by atoms with van der Waals surface area (Å²) >= 11 is 10.2. The second-order valence-electron chi connectivity index (χ2n) is 1.28. The molecule has 0 spiro atoms. The standard InChI is InChI=1S/C3H6Cl2O.ClH/c1-3(5,6)2-4;/h6H,2H2,1H3;1H. The zero-order valence-electron chi connectivity index (χ0n) is 3.82. The van der Waals surface area contributed by atoms with Crippen LogP contribution in [0, 0.1) is 0 Å². The monoisotopic (exact) mass is 164 g/mol. The summed E-state index contributed by atoms with van der Waals surface area (Å²) in [4.78, 5) is 0. The molecular formula is C3H7Cl3O. The lowest BCUT2D eigenvalue weighted by Gasteiger charge is -2.06. The van der Waals surface area contributed by atoms with Gasteiger partial charge in [0, 0.05) is 0 Å². The van der Waals surface area contributed by atoms with Crippen LogP contribution in [-0.4, -0.2) is 16.0 Å². The largest absolute Gasteiger partial charge is 0.374 e. The fourth-order valence-corrected chi connectivity index (χ4v) is 0. The second-order valence-corrected chi connectivity index (χ2v) is 2.36. The Morgan fingerprint density at radius 1 is 1.71 bits per heavy atom. The highest BCUT2D eigenvalue weighted by molar-refractivity contribution is 6.29. The van der Waals surface area contributed by atoms with E-state index in [4.69, 9.17) is 28.3 Å². The van der Waals surface area contributed by atoms with E-state index in [0.29, 0.717) is 0 Å². The molecule has 0 amide bonds. The molecule has 0 aliphatic rings. The van der Waals surface area contributed by atoms with Crippen LogP contribution < -0.4 is 0 Å². The van der Waals surface area contributed by atoms with E-state index < -0.39 is 5.06 Å². The minimum atomic E-state index is -1.22. The highest BCUT2D eigenvalue weighted by atomic mass is 35.5. The molecule has 4 heteroatoms. The van der Waals surface area contributed by atoms with Crippen molar-refractivity contribution in [1.29, 1.82) is 0 Å². The first-order valence-electron chi connectivity index (χ1n) is 1.53. The minimum absolute atomic E-state index is 0. The Morgan fingerprint density at radius 2 is 1.86 bits per heavy atom. The lowest BCUT2D eigenvalue weighted by atomic mass is 10.5. The zero-order chi connectivity index (χ0) is 5.21. The van der Waals surface area contributed by atoms with E-state index in [1.165, 1.54) is 6.92 Å². The lowest BCUT2D eigenvalue weighted by Crippen LogP contribution is -2.15. The summed E-state index contributed by atoms with van der Waals surface area (Å²) in [6.45, 7) is 1.43. The zero-order valence-corrected chi connectivity index (χ0v) is 6.15. The van der Waals surface area contributed by atoms with Crippen molar-refractivity contribution in [1.82, 2.24) is 0 Å². The van der Waals surface area contributed by atoms with Crippen LogP contribution in [0.15, 0.2) is 0 Å². The summed E-state index contributed by atoms with van der Waals surface area (Å²) in [5, 5.41) is 7.24. The number of hydrogen-bond donors (Lipinski definition) is 1. The predicted molar refractivity (Wildman–Crippen MR) is 34.4 cm³/mol. The molecule has 1 N–H and O–H groups in total. The Morgan fingerprint density at radius 3 is 1.86 bits per heavy atom. The third kappa shape index (κ3) is 10.9. The molecule has 7 heavy (non-hydrogen) atoms. The molecule has 1 atom stereocenters. The molecule has 0 fully saturated rings. The number of halogens is 3. The van der Waals surface area contributed by atoms with Crippen LogP contribution in [0.3, 0.4) is 0 Å². The predicted octanol–water partition coefficient (Wildman–Crippen LogP) is 1.59. The third-order valence-electron chi connectivity index (χ3n) is 0.244. The van der Waals surface area contributed by atoms with E-state index in [2.05, 4.69) is 0 Å². The maximum Gasteiger partial charge on any atom is 0.149 e. The van der Waals surface area contributed by atoms with Gasteiger partial charge in [0.05, 0.1) is 5.88 Å². The van der Waals surface area contributed by atoms with Crippen molar-refractivity contribution in [2.24, 2.45) is 0 Å². The Hall–Kier alpha value is 0.830. The van der Waals surface area contributed by atoms with Crippen molar-refractivity contribution >= 4 is 35.6 Å². The molecule has 0 saturated heterocycles. The van der Waals surface area contributed by atoms with Crippen molar-refractivity contribution in [3.05, 3.63) is 0 Å². The maximum atomic E-state index is 8.46. The van der Waals surface area contributed by atoms with Crippen molar-refractivity contribution in [3.8, 4) is 0 Å². The van der Waals surface area contributed by atoms with Gasteiger partial charge in [-0.25, -0.2) is 0 Å². The van der Waals surface area contributed by atoms with Gasteiger partial charge in [-0.2, -0.15) is 0 Å². The summed E-state index contributed by atoms with van der Waals surface area (Å²) in [7, 11) is 0. The van der Waals surface area contributed by atoms with Crippen LogP contribution in [0.1, 0.15) is 6.92 Å². The van der Waals surface area contributed by atoms with Gasteiger partial charge < -0.3 is 5.11 Å². The smallest absolute Gasteiger partial charge is 0.149 e. The van der Waals surface area contributed by atoms with Gasteiger partial charge in [0.1, 0.15) is 5.06 Å². The van der Waals surface area contributed by atoms with Crippen molar-refractivity contribution in [2.75, 3.05) is 5.88 Å². The van der Waals surface area contributed by atoms with Gasteiger partial charge in [0.25, 0.3) is 0 Å². The van der Waals surface area contributed by atoms with Gasteiger partial charge in [0.15, 0.2) is 0 Å². The van der Waals surface area contributed by atoms with Crippen LogP contribution in [0.25, 0.3) is 0 Å². The molecule has 1 nitrogen and oxygen atoms in total. The van der Waals surface area contributed by atoms with E-state index in [-0.39, 0.29) is 18.3 Å². The molecule has 0 bridgehead atoms. The van der Waals surface area contributed by atoms with Crippen LogP contribution in [0.5, 0.6) is 0 Å². The summed E-state index contributed by atoms with van der Waals surface area (Å²) in [5.74, 6) is 0.0640. The Balaban J connectivity index is 0. The first kappa shape index (κ1) is 10.7. The van der Waals surface area contributed by atoms with Crippen molar-refractivity contribution in [2.45, 2.75) is 12.0 Å². The Kier molecular flexibility index (Phi) is 5.81. The summed E-state index contributed by atoms with van der Waals surface area (Å²) in [6, 6.07) is 0. The maximum absolute atomic E-state index is 8.46. The van der Waals surface area contributed by atoms with E-state index in [0.717, 1.165) is 0 Å². The summed E-state index contributed by atoms with van der Waals surface area (Å²) in [6.07, 6.45) is 0. The van der Waals surface area contributed by atoms with Gasteiger partial charge in [-0.15, -0.1) is 24.0 Å². The molecule has 46 valence electrons. The molecule has 0 aromatic rings. The van der Waals surface area contributed by atoms with E-state index in [1.54, 1.807) is 0 Å². The number of rotatable bonds is 1. The molecule has 0 rings (SSSR count). The topological polar surface area (TPSA) is 20.2 Å². The minimum Gasteiger partial charge on any atom is -0.374 e. The van der Waals surface area contributed by atoms with Gasteiger partial charge in [0.2, 0.25) is 0 Å². The number of hydrogen-bond acceptors (Lipinski definition) is 1. The average Bonchev–Trinajstić information content (AvgIpc) is 1.35. The second kappa shape index (κ2) is 3.79. The highest BCUT2D eigenvalue weighted by Crippen LogP contribution is 2.09. The SMILES string of the molecule is CC(O)(Cl)CCl.Cl. The fraction of sp³-hybridized carbons (Fsp3) is 1.00. The molecule has 0 aromatic heterocycles. The van der Waals surface area contributed by atoms with Crippen LogP contribution in [0.2, 0.25) is 0 Å². The molecule has 0 saturated carbocycles. The molecule has 0 aromatic carbocycles.